The molecule has 0 spiro atoms. The van der Waals surface area contributed by atoms with Crippen LogP contribution < -0.4 is 0 Å². The molecule has 7 heavy (non-hydrogen) atoms. The minimum atomic E-state index is 0. The van der Waals surface area contributed by atoms with Gasteiger partial charge in [0.15, 0.2) is 52.1 Å². The van der Waals surface area contributed by atoms with Gasteiger partial charge in [0.2, 0.25) is 0 Å². The molecule has 0 saturated heterocycles. The minimum absolute atomic E-state index is 0. The number of hydrogen-bond donors (Lipinski definition) is 0. The van der Waals surface area contributed by atoms with Gasteiger partial charge < -0.3 is 16.4 Å². The second kappa shape index (κ2) is 85.9. The number of rotatable bonds is 0. The maximum atomic E-state index is 0. The molecular formula is H17Al3MgO3. The molecule has 0 rings (SSSR count). The SMILES string of the molecule is O.O.O.[AlH3].[AlH3].[AlH3].[MgH2]. The van der Waals surface area contributed by atoms with Gasteiger partial charge in [0.05, 0.1) is 0 Å². The third kappa shape index (κ3) is 63.8. The predicted octanol–water partition coefficient (Wildman–Crippen LogP) is -6.94. The Morgan fingerprint density at radius 3 is 0.429 bits per heavy atom. The summed E-state index contributed by atoms with van der Waals surface area (Å²) in [5, 5.41) is 0. The summed E-state index contributed by atoms with van der Waals surface area (Å²) in [7, 11) is 0. The topological polar surface area (TPSA) is 94.5 Å². The molecule has 0 atom stereocenters. The van der Waals surface area contributed by atoms with Gasteiger partial charge in [-0.05, 0) is 0 Å². The summed E-state index contributed by atoms with van der Waals surface area (Å²) in [6, 6.07) is 0. The Morgan fingerprint density at radius 2 is 0.429 bits per heavy atom. The van der Waals surface area contributed by atoms with Crippen molar-refractivity contribution in [2.24, 2.45) is 0 Å². The molecule has 0 fully saturated rings. The van der Waals surface area contributed by atoms with Gasteiger partial charge in [0.25, 0.3) is 0 Å². The van der Waals surface area contributed by atoms with E-state index in [1.54, 1.807) is 0 Å². The van der Waals surface area contributed by atoms with Crippen LogP contribution in [0.25, 0.3) is 0 Å². The van der Waals surface area contributed by atoms with Crippen molar-refractivity contribution in [2.75, 3.05) is 0 Å². The fraction of sp³-hybridized carbons (Fsp3) is 0. The fourth-order valence-electron chi connectivity index (χ4n) is 0. The number of hydrogen-bond acceptors (Lipinski definition) is 0. The molecule has 0 unspecified atom stereocenters. The predicted molar refractivity (Wildman–Crippen MR) is 49.2 cm³/mol. The summed E-state index contributed by atoms with van der Waals surface area (Å²) in [5.74, 6) is 0. The quantitative estimate of drug-likeness (QED) is 0.323. The summed E-state index contributed by atoms with van der Waals surface area (Å²) in [5.41, 5.74) is 0. The Labute approximate surface area is 90.7 Å². The molecule has 0 aromatic carbocycles. The standard InChI is InChI=1S/3Al.Mg.3H2O.11H/h;;;;3*1H2;;;;;;;;;;;. The lowest BCUT2D eigenvalue weighted by atomic mass is 16.0. The molecule has 0 saturated carbocycles. The molecule has 0 aliphatic carbocycles. The Morgan fingerprint density at radius 1 is 0.429 bits per heavy atom. The van der Waals surface area contributed by atoms with E-state index in [0.29, 0.717) is 0 Å². The second-order valence-corrected chi connectivity index (χ2v) is 0. The van der Waals surface area contributed by atoms with Crippen molar-refractivity contribution in [2.45, 2.75) is 0 Å². The van der Waals surface area contributed by atoms with Crippen LogP contribution in [0, 0.1) is 0 Å². The first-order valence-corrected chi connectivity index (χ1v) is 0. The molecule has 0 bridgehead atoms. The third-order valence-electron chi connectivity index (χ3n) is 0. The minimum Gasteiger partial charge on any atom is -0.412 e. The van der Waals surface area contributed by atoms with Crippen molar-refractivity contribution in [3.8, 4) is 0 Å². The van der Waals surface area contributed by atoms with Crippen molar-refractivity contribution >= 4 is 75.1 Å². The maximum absolute atomic E-state index is 0. The molecule has 0 aliphatic rings. The van der Waals surface area contributed by atoms with E-state index in [0.717, 1.165) is 0 Å². The van der Waals surface area contributed by atoms with Gasteiger partial charge >= 0.3 is 23.1 Å². The van der Waals surface area contributed by atoms with Crippen molar-refractivity contribution in [1.82, 2.24) is 0 Å². The summed E-state index contributed by atoms with van der Waals surface area (Å²) < 4.78 is 0. The highest BCUT2D eigenvalue weighted by atomic mass is 27.0. The van der Waals surface area contributed by atoms with E-state index in [9.17, 15) is 0 Å². The highest BCUT2D eigenvalue weighted by molar-refractivity contribution is 5.76. The van der Waals surface area contributed by atoms with Gasteiger partial charge in [-0.3, -0.25) is 0 Å². The van der Waals surface area contributed by atoms with Crippen LogP contribution in [-0.4, -0.2) is 91.6 Å². The molecular weight excluding hydrogens is 153 g/mol. The van der Waals surface area contributed by atoms with Crippen molar-refractivity contribution in [3.63, 3.8) is 0 Å². The summed E-state index contributed by atoms with van der Waals surface area (Å²) in [4.78, 5) is 0. The highest BCUT2D eigenvalue weighted by Crippen LogP contribution is -0.287. The van der Waals surface area contributed by atoms with Crippen LogP contribution in [0.15, 0.2) is 0 Å². The average Bonchev–Trinajstić information content (AvgIpc) is 0. The van der Waals surface area contributed by atoms with Gasteiger partial charge in [-0.1, -0.05) is 0 Å². The van der Waals surface area contributed by atoms with Gasteiger partial charge in [0, 0.05) is 0 Å². The average molecular weight is 170 g/mol. The van der Waals surface area contributed by atoms with Crippen LogP contribution >= 0.6 is 0 Å². The van der Waals surface area contributed by atoms with Crippen LogP contribution in [0.2, 0.25) is 0 Å². The molecule has 0 aliphatic heterocycles. The van der Waals surface area contributed by atoms with E-state index in [-0.39, 0.29) is 91.6 Å². The molecule has 0 heterocycles. The van der Waals surface area contributed by atoms with Crippen molar-refractivity contribution < 1.29 is 16.4 Å². The maximum Gasteiger partial charge on any atom is 0.316 e. The van der Waals surface area contributed by atoms with Crippen molar-refractivity contribution in [1.29, 1.82) is 0 Å². The van der Waals surface area contributed by atoms with Gasteiger partial charge in [-0.2, -0.15) is 0 Å². The van der Waals surface area contributed by atoms with Crippen LogP contribution in [0.5, 0.6) is 0 Å². The van der Waals surface area contributed by atoms with Crippen LogP contribution in [0.1, 0.15) is 0 Å². The van der Waals surface area contributed by atoms with E-state index < -0.39 is 0 Å². The van der Waals surface area contributed by atoms with Gasteiger partial charge in [-0.25, -0.2) is 0 Å². The van der Waals surface area contributed by atoms with E-state index >= 15 is 0 Å². The Hall–Kier alpha value is 2.24. The lowest BCUT2D eigenvalue weighted by Gasteiger charge is -0.413. The Kier molecular flexibility index (Phi) is 1530. The van der Waals surface area contributed by atoms with E-state index in [2.05, 4.69) is 0 Å². The molecule has 3 nitrogen and oxygen atoms in total. The first kappa shape index (κ1) is 125. The lowest BCUT2D eigenvalue weighted by molar-refractivity contribution is 0.823. The Bertz CT molecular complexity index is 10.1. The smallest absolute Gasteiger partial charge is 0.316 e. The highest BCUT2D eigenvalue weighted by Gasteiger charge is 0.316. The Balaban J connectivity index is 0. The molecule has 0 aromatic heterocycles. The summed E-state index contributed by atoms with van der Waals surface area (Å²) in [6.07, 6.45) is 0. The van der Waals surface area contributed by atoms with E-state index in [1.165, 1.54) is 0 Å². The van der Waals surface area contributed by atoms with Gasteiger partial charge in [0.1, 0.15) is 0 Å². The normalized spacial score (nSPS) is 0. The van der Waals surface area contributed by atoms with Crippen LogP contribution in [0.3, 0.4) is 0 Å². The first-order valence-electron chi connectivity index (χ1n) is 0. The van der Waals surface area contributed by atoms with Crippen molar-refractivity contribution in [3.05, 3.63) is 0 Å². The lowest BCUT2D eigenvalue weighted by Crippen LogP contribution is -0.382. The van der Waals surface area contributed by atoms with Crippen LogP contribution in [-0.2, 0) is 0 Å². The summed E-state index contributed by atoms with van der Waals surface area (Å²) >= 11 is 0. The third-order valence-corrected chi connectivity index (χ3v) is 0. The second-order valence-electron chi connectivity index (χ2n) is 0. The van der Waals surface area contributed by atoms with Crippen LogP contribution in [0.4, 0.5) is 0 Å². The molecule has 0 radical (unpaired) electrons. The molecule has 46 valence electrons. The monoisotopic (exact) mass is 170 g/mol. The fourth-order valence-corrected chi connectivity index (χ4v) is 0. The molecule has 7 heteroatoms. The summed E-state index contributed by atoms with van der Waals surface area (Å²) in [6.45, 7) is 0. The first-order chi connectivity index (χ1) is 0. The zero-order chi connectivity index (χ0) is 0. The molecule has 6 N–H and O–H groups in total. The molecule has 0 aromatic rings. The van der Waals surface area contributed by atoms with E-state index in [1.807, 2.05) is 0 Å². The molecule has 0 amide bonds. The largest absolute Gasteiger partial charge is 0.412 e. The van der Waals surface area contributed by atoms with Gasteiger partial charge in [-0.15, -0.1) is 0 Å². The van der Waals surface area contributed by atoms with E-state index in [4.69, 9.17) is 0 Å². The zero-order valence-corrected chi connectivity index (χ0v) is 1.50. The zero-order valence-electron chi connectivity index (χ0n) is 1.50.